The van der Waals surface area contributed by atoms with Crippen molar-refractivity contribution in [1.82, 2.24) is 0 Å². The molecule has 0 nitrogen and oxygen atoms in total. The molecule has 0 aliphatic rings. The maximum atomic E-state index is 2.39. The normalized spacial score (nSPS) is 12.8. The molecular formula is C18H38S6. The highest BCUT2D eigenvalue weighted by atomic mass is 33.9. The van der Waals surface area contributed by atoms with E-state index in [1.165, 1.54) is 64.2 Å². The molecule has 0 saturated carbocycles. The summed E-state index contributed by atoms with van der Waals surface area (Å²) in [5.74, 6) is 0. The van der Waals surface area contributed by atoms with Crippen molar-refractivity contribution in [2.45, 2.75) is 115 Å². The van der Waals surface area contributed by atoms with Gasteiger partial charge in [0.1, 0.15) is 0 Å². The van der Waals surface area contributed by atoms with E-state index in [4.69, 9.17) is 0 Å². The fourth-order valence-corrected chi connectivity index (χ4v) is 15.7. The quantitative estimate of drug-likeness (QED) is 0.160. The summed E-state index contributed by atoms with van der Waals surface area (Å²) in [5, 5.41) is 0. The van der Waals surface area contributed by atoms with E-state index in [0.29, 0.717) is 9.49 Å². The van der Waals surface area contributed by atoms with Gasteiger partial charge in [-0.25, -0.2) is 0 Å². The summed E-state index contributed by atoms with van der Waals surface area (Å²) in [7, 11) is 11.9. The molecule has 0 aromatic heterocycles. The molecule has 146 valence electrons. The summed E-state index contributed by atoms with van der Waals surface area (Å²) in [5.41, 5.74) is 0. The van der Waals surface area contributed by atoms with E-state index in [2.05, 4.69) is 63.1 Å². The molecule has 0 atom stereocenters. The molecule has 0 radical (unpaired) electrons. The molecule has 0 unspecified atom stereocenters. The molecule has 0 saturated heterocycles. The first kappa shape index (κ1) is 26.1. The van der Waals surface area contributed by atoms with Crippen molar-refractivity contribution in [3.63, 3.8) is 0 Å². The average Bonchev–Trinajstić information content (AvgIpc) is 2.51. The average molecular weight is 447 g/mol. The van der Waals surface area contributed by atoms with Crippen molar-refractivity contribution in [3.05, 3.63) is 0 Å². The minimum atomic E-state index is 0.405. The Morgan fingerprint density at radius 1 is 0.500 bits per heavy atom. The van der Waals surface area contributed by atoms with Crippen LogP contribution in [0.4, 0.5) is 0 Å². The third-order valence-corrected chi connectivity index (χ3v) is 16.3. The monoisotopic (exact) mass is 446 g/mol. The zero-order valence-electron chi connectivity index (χ0n) is 16.5. The molecule has 0 aliphatic carbocycles. The minimum Gasteiger partial charge on any atom is -0.0754 e. The van der Waals surface area contributed by atoms with Crippen LogP contribution < -0.4 is 0 Å². The molecule has 0 bridgehead atoms. The van der Waals surface area contributed by atoms with E-state index in [1.807, 2.05) is 39.3 Å². The van der Waals surface area contributed by atoms with Crippen LogP contribution in [-0.2, 0) is 0 Å². The number of rotatable bonds is 17. The van der Waals surface area contributed by atoms with Gasteiger partial charge in [-0.15, -0.1) is 0 Å². The van der Waals surface area contributed by atoms with Gasteiger partial charge < -0.3 is 0 Å². The Morgan fingerprint density at radius 2 is 0.875 bits per heavy atom. The molecule has 0 aliphatic heterocycles. The summed E-state index contributed by atoms with van der Waals surface area (Å²) in [6.45, 7) is 14.1. The Labute approximate surface area is 175 Å². The van der Waals surface area contributed by atoms with Crippen molar-refractivity contribution in [2.24, 2.45) is 0 Å². The highest BCUT2D eigenvalue weighted by Gasteiger charge is 2.20. The van der Waals surface area contributed by atoms with Crippen molar-refractivity contribution >= 4 is 60.9 Å². The summed E-state index contributed by atoms with van der Waals surface area (Å²) in [6.07, 6.45) is 13.7. The van der Waals surface area contributed by atoms with E-state index in [1.54, 1.807) is 0 Å². The predicted molar refractivity (Wildman–Crippen MR) is 131 cm³/mol. The third-order valence-electron chi connectivity index (χ3n) is 3.87. The van der Waals surface area contributed by atoms with E-state index in [0.717, 1.165) is 0 Å². The number of hydrogen-bond donors (Lipinski definition) is 0. The summed E-state index contributed by atoms with van der Waals surface area (Å²) < 4.78 is 0.810. The van der Waals surface area contributed by atoms with Gasteiger partial charge in [-0.3, -0.25) is 0 Å². The van der Waals surface area contributed by atoms with Gasteiger partial charge in [-0.1, -0.05) is 86.8 Å². The van der Waals surface area contributed by atoms with Gasteiger partial charge in [0.05, 0.1) is 0 Å². The second kappa shape index (κ2) is 16.1. The largest absolute Gasteiger partial charge is 0.0754 e. The SMILES string of the molecule is CCCCCCC(C)(C)SSSSSSC(C)(C)CCCCCC. The zero-order chi connectivity index (χ0) is 18.3. The molecular weight excluding hydrogens is 409 g/mol. The molecule has 0 aromatic carbocycles. The first-order valence-corrected chi connectivity index (χ1v) is 16.8. The molecule has 0 spiro atoms. The number of hydrogen-bond acceptors (Lipinski definition) is 6. The lowest BCUT2D eigenvalue weighted by Crippen LogP contribution is -2.12. The van der Waals surface area contributed by atoms with E-state index in [-0.39, 0.29) is 0 Å². The van der Waals surface area contributed by atoms with Gasteiger partial charge in [-0.05, 0) is 79.8 Å². The van der Waals surface area contributed by atoms with Crippen LogP contribution in [0.5, 0.6) is 0 Å². The Hall–Kier alpha value is 2.10. The van der Waals surface area contributed by atoms with E-state index in [9.17, 15) is 0 Å². The van der Waals surface area contributed by atoms with Crippen LogP contribution in [0, 0.1) is 0 Å². The molecule has 0 amide bonds. The van der Waals surface area contributed by atoms with Crippen molar-refractivity contribution < 1.29 is 0 Å². The first-order valence-electron chi connectivity index (χ1n) is 9.36. The highest BCUT2D eigenvalue weighted by Crippen LogP contribution is 2.57. The lowest BCUT2D eigenvalue weighted by molar-refractivity contribution is 0.561. The zero-order valence-corrected chi connectivity index (χ0v) is 21.4. The topological polar surface area (TPSA) is 0 Å². The summed E-state index contributed by atoms with van der Waals surface area (Å²) >= 11 is 0. The Bertz CT molecular complexity index is 253. The van der Waals surface area contributed by atoms with Crippen molar-refractivity contribution in [3.8, 4) is 0 Å². The highest BCUT2D eigenvalue weighted by molar-refractivity contribution is 9.42. The molecule has 24 heavy (non-hydrogen) atoms. The van der Waals surface area contributed by atoms with E-state index < -0.39 is 0 Å². The van der Waals surface area contributed by atoms with Crippen LogP contribution in [0.25, 0.3) is 0 Å². The molecule has 0 fully saturated rings. The molecule has 0 rings (SSSR count). The predicted octanol–water partition coefficient (Wildman–Crippen LogP) is 10.5. The van der Waals surface area contributed by atoms with Gasteiger partial charge in [0.2, 0.25) is 0 Å². The van der Waals surface area contributed by atoms with E-state index >= 15 is 0 Å². The van der Waals surface area contributed by atoms with Gasteiger partial charge in [0.15, 0.2) is 0 Å². The fourth-order valence-electron chi connectivity index (χ4n) is 2.27. The standard InChI is InChI=1S/C18H38S6/c1-7-9-11-13-15-17(3,4)19-21-23-24-22-20-18(5,6)16-14-12-10-8-2/h7-16H2,1-6H3. The van der Waals surface area contributed by atoms with Crippen molar-refractivity contribution in [2.75, 3.05) is 0 Å². The molecule has 0 N–H and O–H groups in total. The fraction of sp³-hybridized carbons (Fsp3) is 1.00. The molecule has 0 aromatic rings. The van der Waals surface area contributed by atoms with Gasteiger partial charge >= 0.3 is 0 Å². The maximum Gasteiger partial charge on any atom is 0.0215 e. The first-order chi connectivity index (χ1) is 11.3. The van der Waals surface area contributed by atoms with Crippen LogP contribution in [0.1, 0.15) is 106 Å². The Kier molecular flexibility index (Phi) is 17.5. The molecule has 0 heterocycles. The van der Waals surface area contributed by atoms with Gasteiger partial charge in [0.25, 0.3) is 0 Å². The van der Waals surface area contributed by atoms with Crippen LogP contribution >= 0.6 is 60.9 Å². The van der Waals surface area contributed by atoms with Crippen LogP contribution in [0.3, 0.4) is 0 Å². The van der Waals surface area contributed by atoms with Crippen LogP contribution in [-0.4, -0.2) is 9.49 Å². The van der Waals surface area contributed by atoms with Gasteiger partial charge in [0, 0.05) is 9.49 Å². The second-order valence-corrected chi connectivity index (χ2v) is 18.2. The summed E-state index contributed by atoms with van der Waals surface area (Å²) in [4.78, 5) is 0. The van der Waals surface area contributed by atoms with Crippen LogP contribution in [0.15, 0.2) is 0 Å². The number of unbranched alkanes of at least 4 members (excludes halogenated alkanes) is 6. The smallest absolute Gasteiger partial charge is 0.0215 e. The third kappa shape index (κ3) is 17.5. The van der Waals surface area contributed by atoms with Gasteiger partial charge in [-0.2, -0.15) is 0 Å². The van der Waals surface area contributed by atoms with Crippen LogP contribution in [0.2, 0.25) is 0 Å². The van der Waals surface area contributed by atoms with Crippen molar-refractivity contribution in [1.29, 1.82) is 0 Å². The Morgan fingerprint density at radius 3 is 1.21 bits per heavy atom. The lowest BCUT2D eigenvalue weighted by Gasteiger charge is -2.23. The maximum absolute atomic E-state index is 2.39. The summed E-state index contributed by atoms with van der Waals surface area (Å²) in [6, 6.07) is 0. The molecule has 6 heteroatoms. The Balaban J connectivity index is 3.60. The minimum absolute atomic E-state index is 0.405. The lowest BCUT2D eigenvalue weighted by atomic mass is 10.0. The second-order valence-electron chi connectivity index (χ2n) is 7.58.